The summed E-state index contributed by atoms with van der Waals surface area (Å²) in [5.41, 5.74) is 0.221. The predicted octanol–water partition coefficient (Wildman–Crippen LogP) is 0.301. The lowest BCUT2D eigenvalue weighted by Gasteiger charge is -2.00. The smallest absolute Gasteiger partial charge is 0.270 e. The number of aliphatic imine (C=N–C) groups is 1. The minimum absolute atomic E-state index is 0.0485. The van der Waals surface area contributed by atoms with Crippen LogP contribution < -0.4 is 5.32 Å². The van der Waals surface area contributed by atoms with Crippen LogP contribution in [0.1, 0.15) is 5.56 Å². The molecule has 0 fully saturated rings. The molecule has 0 aliphatic heterocycles. The SMILES string of the molecule is O=[N+]([O-])c1ccc(O)c(C=NCCNCCO)c1. The second kappa shape index (κ2) is 7.36. The molecular weight excluding hydrogens is 238 g/mol. The molecule has 0 heterocycles. The lowest BCUT2D eigenvalue weighted by atomic mass is 10.2. The van der Waals surface area contributed by atoms with Crippen LogP contribution in [0.4, 0.5) is 5.69 Å². The lowest BCUT2D eigenvalue weighted by Crippen LogP contribution is -2.21. The number of aliphatic hydroxyl groups excluding tert-OH is 1. The first-order valence-electron chi connectivity index (χ1n) is 5.44. The van der Waals surface area contributed by atoms with Crippen molar-refractivity contribution in [2.24, 2.45) is 4.99 Å². The summed E-state index contributed by atoms with van der Waals surface area (Å²) in [6, 6.07) is 3.76. The van der Waals surface area contributed by atoms with Crippen LogP contribution in [-0.4, -0.2) is 47.6 Å². The number of phenols is 1. The standard InChI is InChI=1S/C11H15N3O4/c15-6-5-12-3-4-13-8-9-7-10(14(17)18)1-2-11(9)16/h1-2,7-8,12,15-16H,3-6H2. The van der Waals surface area contributed by atoms with Crippen LogP contribution in [0, 0.1) is 10.1 Å². The van der Waals surface area contributed by atoms with Gasteiger partial charge in [0.2, 0.25) is 0 Å². The quantitative estimate of drug-likeness (QED) is 0.280. The van der Waals surface area contributed by atoms with Gasteiger partial charge in [-0.2, -0.15) is 0 Å². The maximum Gasteiger partial charge on any atom is 0.270 e. The van der Waals surface area contributed by atoms with Gasteiger partial charge in [-0.1, -0.05) is 0 Å². The summed E-state index contributed by atoms with van der Waals surface area (Å²) in [5, 5.41) is 31.5. The fourth-order valence-electron chi connectivity index (χ4n) is 1.27. The third-order valence-electron chi connectivity index (χ3n) is 2.16. The molecule has 0 radical (unpaired) electrons. The summed E-state index contributed by atoms with van der Waals surface area (Å²) >= 11 is 0. The van der Waals surface area contributed by atoms with E-state index in [1.807, 2.05) is 0 Å². The van der Waals surface area contributed by atoms with Gasteiger partial charge in [-0.15, -0.1) is 0 Å². The van der Waals surface area contributed by atoms with Crippen molar-refractivity contribution in [3.8, 4) is 5.75 Å². The van der Waals surface area contributed by atoms with Crippen LogP contribution in [0.2, 0.25) is 0 Å². The largest absolute Gasteiger partial charge is 0.507 e. The van der Waals surface area contributed by atoms with Crippen molar-refractivity contribution in [3.63, 3.8) is 0 Å². The van der Waals surface area contributed by atoms with Crippen molar-refractivity contribution in [3.05, 3.63) is 33.9 Å². The van der Waals surface area contributed by atoms with Crippen molar-refractivity contribution < 1.29 is 15.1 Å². The highest BCUT2D eigenvalue weighted by Gasteiger charge is 2.08. The first-order chi connectivity index (χ1) is 8.65. The number of non-ortho nitro benzene ring substituents is 1. The molecule has 0 amide bonds. The van der Waals surface area contributed by atoms with Crippen molar-refractivity contribution in [1.82, 2.24) is 5.32 Å². The Hall–Kier alpha value is -1.99. The first kappa shape index (κ1) is 14.1. The Morgan fingerprint density at radius 2 is 2.22 bits per heavy atom. The Kier molecular flexibility index (Phi) is 5.75. The normalized spacial score (nSPS) is 10.9. The van der Waals surface area contributed by atoms with Crippen molar-refractivity contribution in [2.45, 2.75) is 0 Å². The van der Waals surface area contributed by atoms with E-state index in [2.05, 4.69) is 10.3 Å². The van der Waals surface area contributed by atoms with E-state index >= 15 is 0 Å². The molecule has 0 atom stereocenters. The number of hydrogen-bond donors (Lipinski definition) is 3. The molecule has 1 aromatic carbocycles. The van der Waals surface area contributed by atoms with Gasteiger partial charge in [0.05, 0.1) is 18.1 Å². The second-order valence-electron chi connectivity index (χ2n) is 3.51. The van der Waals surface area contributed by atoms with Crippen LogP contribution in [0.15, 0.2) is 23.2 Å². The third kappa shape index (κ3) is 4.48. The number of nitrogens with one attached hydrogen (secondary N) is 1. The van der Waals surface area contributed by atoms with Gasteiger partial charge < -0.3 is 15.5 Å². The second-order valence-corrected chi connectivity index (χ2v) is 3.51. The van der Waals surface area contributed by atoms with E-state index in [9.17, 15) is 15.2 Å². The zero-order valence-electron chi connectivity index (χ0n) is 9.74. The average Bonchev–Trinajstić information content (AvgIpc) is 2.35. The summed E-state index contributed by atoms with van der Waals surface area (Å²) < 4.78 is 0. The molecule has 7 heteroatoms. The van der Waals surface area contributed by atoms with Crippen LogP contribution >= 0.6 is 0 Å². The number of aromatic hydroxyl groups is 1. The number of nitrogens with zero attached hydrogens (tertiary/aromatic N) is 2. The van der Waals surface area contributed by atoms with E-state index in [4.69, 9.17) is 5.11 Å². The summed E-state index contributed by atoms with van der Waals surface area (Å²) in [6.07, 6.45) is 1.39. The molecule has 0 aliphatic carbocycles. The van der Waals surface area contributed by atoms with Crippen LogP contribution in [-0.2, 0) is 0 Å². The fraction of sp³-hybridized carbons (Fsp3) is 0.364. The van der Waals surface area contributed by atoms with Gasteiger partial charge in [0.15, 0.2) is 0 Å². The van der Waals surface area contributed by atoms with Crippen LogP contribution in [0.5, 0.6) is 5.75 Å². The Balaban J connectivity index is 2.57. The molecule has 7 nitrogen and oxygen atoms in total. The first-order valence-corrected chi connectivity index (χ1v) is 5.44. The fourth-order valence-corrected chi connectivity index (χ4v) is 1.27. The van der Waals surface area contributed by atoms with Gasteiger partial charge >= 0.3 is 0 Å². The zero-order valence-corrected chi connectivity index (χ0v) is 9.74. The summed E-state index contributed by atoms with van der Waals surface area (Å²) in [4.78, 5) is 14.1. The van der Waals surface area contributed by atoms with Crippen LogP contribution in [0.25, 0.3) is 0 Å². The van der Waals surface area contributed by atoms with Gasteiger partial charge in [0, 0.05) is 37.0 Å². The van der Waals surface area contributed by atoms with E-state index in [0.717, 1.165) is 0 Å². The molecule has 0 aromatic heterocycles. The Bertz CT molecular complexity index is 434. The molecule has 0 aliphatic rings. The minimum atomic E-state index is -0.528. The molecule has 0 bridgehead atoms. The molecule has 1 rings (SSSR count). The van der Waals surface area contributed by atoms with Crippen molar-refractivity contribution in [2.75, 3.05) is 26.2 Å². The highest BCUT2D eigenvalue weighted by Crippen LogP contribution is 2.21. The Morgan fingerprint density at radius 1 is 1.44 bits per heavy atom. The van der Waals surface area contributed by atoms with E-state index < -0.39 is 4.92 Å². The lowest BCUT2D eigenvalue weighted by molar-refractivity contribution is -0.384. The van der Waals surface area contributed by atoms with Gasteiger partial charge in [-0.05, 0) is 6.07 Å². The molecule has 1 aromatic rings. The molecule has 0 spiro atoms. The maximum absolute atomic E-state index is 10.6. The van der Waals surface area contributed by atoms with Gasteiger partial charge in [-0.25, -0.2) is 0 Å². The van der Waals surface area contributed by atoms with Crippen molar-refractivity contribution in [1.29, 1.82) is 0 Å². The van der Waals surface area contributed by atoms with E-state index in [1.54, 1.807) is 0 Å². The maximum atomic E-state index is 10.6. The Morgan fingerprint density at radius 3 is 2.89 bits per heavy atom. The predicted molar refractivity (Wildman–Crippen MR) is 67.2 cm³/mol. The number of nitro groups is 1. The molecule has 3 N–H and O–H groups in total. The van der Waals surface area contributed by atoms with E-state index in [1.165, 1.54) is 24.4 Å². The number of hydrogen-bond acceptors (Lipinski definition) is 6. The highest BCUT2D eigenvalue weighted by atomic mass is 16.6. The van der Waals surface area contributed by atoms with E-state index in [0.29, 0.717) is 25.2 Å². The molecule has 18 heavy (non-hydrogen) atoms. The summed E-state index contributed by atoms with van der Waals surface area (Å²) in [7, 11) is 0. The molecule has 0 unspecified atom stereocenters. The highest BCUT2D eigenvalue weighted by molar-refractivity contribution is 5.84. The van der Waals surface area contributed by atoms with Crippen LogP contribution in [0.3, 0.4) is 0 Å². The van der Waals surface area contributed by atoms with Gasteiger partial charge in [0.1, 0.15) is 5.75 Å². The number of aliphatic hydroxyl groups is 1. The third-order valence-corrected chi connectivity index (χ3v) is 2.16. The number of phenolic OH excluding ortho intramolecular Hbond substituents is 1. The summed E-state index contributed by atoms with van der Waals surface area (Å²) in [6.45, 7) is 1.61. The van der Waals surface area contributed by atoms with Gasteiger partial charge in [0.25, 0.3) is 5.69 Å². The molecule has 0 saturated carbocycles. The Labute approximate surface area is 104 Å². The topological polar surface area (TPSA) is 108 Å². The van der Waals surface area contributed by atoms with E-state index in [-0.39, 0.29) is 18.0 Å². The monoisotopic (exact) mass is 253 g/mol. The zero-order chi connectivity index (χ0) is 13.4. The minimum Gasteiger partial charge on any atom is -0.507 e. The van der Waals surface area contributed by atoms with Crippen molar-refractivity contribution >= 4 is 11.9 Å². The number of nitro benzene ring substituents is 1. The number of benzene rings is 1. The average molecular weight is 253 g/mol. The molecule has 98 valence electrons. The number of rotatable bonds is 7. The molecular formula is C11H15N3O4. The molecule has 0 saturated heterocycles. The summed E-state index contributed by atoms with van der Waals surface area (Å²) in [5.74, 6) is -0.0485. The van der Waals surface area contributed by atoms with Gasteiger partial charge in [-0.3, -0.25) is 15.1 Å².